The number of thiazole rings is 1. The topological polar surface area (TPSA) is 82.7 Å². The van der Waals surface area contributed by atoms with E-state index < -0.39 is 5.82 Å². The van der Waals surface area contributed by atoms with E-state index in [1.807, 2.05) is 23.7 Å². The minimum Gasteiger partial charge on any atom is -0.494 e. The number of hydrogen-bond acceptors (Lipinski definition) is 7. The Labute approximate surface area is 241 Å². The van der Waals surface area contributed by atoms with Gasteiger partial charge in [-0.2, -0.15) is 10.2 Å². The van der Waals surface area contributed by atoms with Crippen LogP contribution in [-0.4, -0.2) is 32.9 Å². The van der Waals surface area contributed by atoms with Gasteiger partial charge in [-0.25, -0.2) is 23.1 Å². The summed E-state index contributed by atoms with van der Waals surface area (Å²) in [6.45, 7) is 0. The van der Waals surface area contributed by atoms with Crippen LogP contribution in [-0.2, 0) is 0 Å². The molecule has 0 radical (unpaired) electrons. The molecular weight excluding hydrogens is 570 g/mol. The molecule has 0 saturated heterocycles. The van der Waals surface area contributed by atoms with Crippen LogP contribution in [0.3, 0.4) is 0 Å². The molecule has 6 aromatic rings. The number of rotatable bonds is 7. The third-order valence-corrected chi connectivity index (χ3v) is 7.03. The first kappa shape index (κ1) is 26.4. The Morgan fingerprint density at radius 1 is 1.02 bits per heavy atom. The average Bonchev–Trinajstić information content (AvgIpc) is 3.73. The van der Waals surface area contributed by atoms with Gasteiger partial charge in [0.05, 0.1) is 30.9 Å². The van der Waals surface area contributed by atoms with Crippen molar-refractivity contribution in [3.8, 4) is 34.1 Å². The van der Waals surface area contributed by atoms with Gasteiger partial charge in [-0.05, 0) is 60.7 Å². The van der Waals surface area contributed by atoms with E-state index in [0.29, 0.717) is 38.2 Å². The second-order valence-corrected chi connectivity index (χ2v) is 9.94. The lowest BCUT2D eigenvalue weighted by atomic mass is 10.1. The van der Waals surface area contributed by atoms with Crippen molar-refractivity contribution in [1.29, 1.82) is 0 Å². The Morgan fingerprint density at radius 3 is 2.59 bits per heavy atom. The summed E-state index contributed by atoms with van der Waals surface area (Å²) >= 11 is 7.29. The normalized spacial score (nSPS) is 12.0. The minimum atomic E-state index is -0.533. The highest BCUT2D eigenvalue weighted by Gasteiger charge is 2.15. The fraction of sp³-hybridized carbons (Fsp3) is 0.0345. The minimum absolute atomic E-state index is 0.120. The van der Waals surface area contributed by atoms with Gasteiger partial charge >= 0.3 is 0 Å². The molecule has 3 aromatic carbocycles. The van der Waals surface area contributed by atoms with Gasteiger partial charge in [0.2, 0.25) is 4.80 Å². The molecule has 0 unspecified atom stereocenters. The van der Waals surface area contributed by atoms with E-state index in [1.165, 1.54) is 42.7 Å². The van der Waals surface area contributed by atoms with Gasteiger partial charge in [0.1, 0.15) is 17.2 Å². The fourth-order valence-corrected chi connectivity index (χ4v) is 4.87. The molecule has 0 aliphatic rings. The van der Waals surface area contributed by atoms with E-state index in [-0.39, 0.29) is 11.6 Å². The molecule has 0 aliphatic carbocycles. The van der Waals surface area contributed by atoms with Crippen LogP contribution in [0.4, 0.5) is 14.5 Å². The Morgan fingerprint density at radius 2 is 1.83 bits per heavy atom. The van der Waals surface area contributed by atoms with E-state index in [4.69, 9.17) is 20.9 Å². The Bertz CT molecular complexity index is 1920. The highest BCUT2D eigenvalue weighted by molar-refractivity contribution is 7.07. The van der Waals surface area contributed by atoms with Crippen LogP contribution in [0.2, 0.25) is 5.02 Å². The molecule has 0 saturated carbocycles. The van der Waals surface area contributed by atoms with Crippen molar-refractivity contribution in [2.75, 3.05) is 7.11 Å². The van der Waals surface area contributed by atoms with Crippen molar-refractivity contribution >= 4 is 34.8 Å². The number of benzene rings is 3. The van der Waals surface area contributed by atoms with Crippen molar-refractivity contribution in [1.82, 2.24) is 19.6 Å². The summed E-state index contributed by atoms with van der Waals surface area (Å²) in [6.07, 6.45) is 5.11. The Balaban J connectivity index is 1.40. The molecule has 8 nitrogen and oxygen atoms in total. The molecule has 0 amide bonds. The summed E-state index contributed by atoms with van der Waals surface area (Å²) in [7, 11) is 1.40. The maximum atomic E-state index is 14.4. The molecule has 12 heteroatoms. The maximum absolute atomic E-state index is 14.4. The predicted molar refractivity (Wildman–Crippen MR) is 153 cm³/mol. The summed E-state index contributed by atoms with van der Waals surface area (Å²) in [5.74, 6) is -0.344. The second-order valence-electron chi connectivity index (χ2n) is 8.67. The van der Waals surface area contributed by atoms with Crippen LogP contribution >= 0.6 is 22.9 Å². The lowest BCUT2D eigenvalue weighted by molar-refractivity contribution is 0.386. The summed E-state index contributed by atoms with van der Waals surface area (Å²) in [6, 6.07) is 19.4. The van der Waals surface area contributed by atoms with Gasteiger partial charge < -0.3 is 9.26 Å². The maximum Gasteiger partial charge on any atom is 0.211 e. The highest BCUT2D eigenvalue weighted by Crippen LogP contribution is 2.28. The van der Waals surface area contributed by atoms with Crippen LogP contribution in [0, 0.1) is 11.6 Å². The monoisotopic (exact) mass is 588 g/mol. The van der Waals surface area contributed by atoms with E-state index in [9.17, 15) is 8.78 Å². The van der Waals surface area contributed by atoms with Gasteiger partial charge in [-0.15, -0.1) is 11.3 Å². The number of methoxy groups -OCH3 is 1. The first-order chi connectivity index (χ1) is 20.0. The Kier molecular flexibility index (Phi) is 7.28. The first-order valence-electron chi connectivity index (χ1n) is 12.1. The summed E-state index contributed by atoms with van der Waals surface area (Å²) < 4.78 is 41.7. The molecule has 3 aromatic heterocycles. The van der Waals surface area contributed by atoms with Crippen LogP contribution in [0.25, 0.3) is 28.4 Å². The van der Waals surface area contributed by atoms with Crippen molar-refractivity contribution < 1.29 is 18.0 Å². The molecule has 0 N–H and O–H groups in total. The van der Waals surface area contributed by atoms with Crippen molar-refractivity contribution in [2.45, 2.75) is 0 Å². The van der Waals surface area contributed by atoms with Gasteiger partial charge in [0, 0.05) is 39.9 Å². The highest BCUT2D eigenvalue weighted by atomic mass is 35.5. The SMILES string of the molecule is COc1ccc(N=c2scc(-c3cc(-c4ccc(F)cc4)no3)n2/N=C/c2cnn(-c3ccc(Cl)cc3)c2)cc1F. The van der Waals surface area contributed by atoms with Crippen LogP contribution in [0.15, 0.2) is 105 Å². The molecular formula is C29H19ClF2N6O2S. The third-order valence-electron chi connectivity index (χ3n) is 5.96. The lowest BCUT2D eigenvalue weighted by Crippen LogP contribution is -2.11. The largest absolute Gasteiger partial charge is 0.494 e. The zero-order chi connectivity index (χ0) is 28.3. The van der Waals surface area contributed by atoms with E-state index >= 15 is 0 Å². The van der Waals surface area contributed by atoms with Crippen LogP contribution < -0.4 is 9.54 Å². The summed E-state index contributed by atoms with van der Waals surface area (Å²) in [5.41, 5.74) is 3.72. The molecule has 6 rings (SSSR count). The molecule has 0 fully saturated rings. The third kappa shape index (κ3) is 5.72. The smallest absolute Gasteiger partial charge is 0.211 e. The zero-order valence-electron chi connectivity index (χ0n) is 21.3. The van der Waals surface area contributed by atoms with Crippen molar-refractivity contribution in [3.05, 3.63) is 118 Å². The number of hydrogen-bond donors (Lipinski definition) is 0. The number of halogens is 3. The summed E-state index contributed by atoms with van der Waals surface area (Å²) in [4.78, 5) is 5.06. The Hall–Kier alpha value is -4.87. The average molecular weight is 589 g/mol. The van der Waals surface area contributed by atoms with E-state index in [1.54, 1.807) is 58.2 Å². The molecule has 0 spiro atoms. The van der Waals surface area contributed by atoms with Crippen molar-refractivity contribution in [2.24, 2.45) is 10.1 Å². The van der Waals surface area contributed by atoms with E-state index in [0.717, 1.165) is 11.3 Å². The molecule has 41 heavy (non-hydrogen) atoms. The van der Waals surface area contributed by atoms with Crippen LogP contribution in [0.1, 0.15) is 5.56 Å². The molecule has 3 heterocycles. The van der Waals surface area contributed by atoms with Gasteiger partial charge in [-0.3, -0.25) is 0 Å². The molecule has 204 valence electrons. The van der Waals surface area contributed by atoms with E-state index in [2.05, 4.69) is 20.3 Å². The van der Waals surface area contributed by atoms with Crippen LogP contribution in [0.5, 0.6) is 5.75 Å². The quantitative estimate of drug-likeness (QED) is 0.186. The summed E-state index contributed by atoms with van der Waals surface area (Å²) in [5, 5.41) is 15.6. The fourth-order valence-electron chi connectivity index (χ4n) is 3.91. The first-order valence-corrected chi connectivity index (χ1v) is 13.4. The predicted octanol–water partition coefficient (Wildman–Crippen LogP) is 7.11. The molecule has 0 aliphatic heterocycles. The molecule has 0 bridgehead atoms. The lowest BCUT2D eigenvalue weighted by Gasteiger charge is -2.02. The van der Waals surface area contributed by atoms with Crippen molar-refractivity contribution in [3.63, 3.8) is 0 Å². The standard InChI is InChI=1S/C29H19ClF2N6O2S/c1-39-27-11-8-22(12-24(27)32)35-29-38(34-15-18-14-33-37(16-18)23-9-4-20(30)5-10-23)26(17-41-29)28-13-25(36-40-28)19-2-6-21(31)7-3-19/h2-17H,1H3/b34-15+,35-29?. The molecule has 0 atom stereocenters. The van der Waals surface area contributed by atoms with Gasteiger partial charge in [-0.1, -0.05) is 16.8 Å². The number of nitrogens with zero attached hydrogens (tertiary/aromatic N) is 6. The van der Waals surface area contributed by atoms with Gasteiger partial charge in [0.15, 0.2) is 17.3 Å². The van der Waals surface area contributed by atoms with Gasteiger partial charge in [0.25, 0.3) is 0 Å². The number of aromatic nitrogens is 4. The number of ether oxygens (including phenoxy) is 1. The zero-order valence-corrected chi connectivity index (χ0v) is 22.9. The second kappa shape index (κ2) is 11.3.